The molecule has 0 aromatic heterocycles. The van der Waals surface area contributed by atoms with Crippen LogP contribution in [0.1, 0.15) is 0 Å². The lowest BCUT2D eigenvalue weighted by Gasteiger charge is -2.10. The summed E-state index contributed by atoms with van der Waals surface area (Å²) < 4.78 is 26.4. The predicted octanol–water partition coefficient (Wildman–Crippen LogP) is 3.84. The van der Waals surface area contributed by atoms with Gasteiger partial charge in [0.1, 0.15) is 11.6 Å². The Morgan fingerprint density at radius 1 is 1.05 bits per heavy atom. The molecule has 7 heteroatoms. The van der Waals surface area contributed by atoms with E-state index in [9.17, 15) is 13.6 Å². The fourth-order valence-corrected chi connectivity index (χ4v) is 1.68. The molecule has 2 rings (SSSR count). The Kier molecular flexibility index (Phi) is 4.05. The highest BCUT2D eigenvalue weighted by Crippen LogP contribution is 2.23. The second-order valence-electron chi connectivity index (χ2n) is 3.91. The van der Waals surface area contributed by atoms with Gasteiger partial charge in [0.25, 0.3) is 0 Å². The second kappa shape index (κ2) is 5.75. The normalized spacial score (nSPS) is 10.2. The molecule has 0 unspecified atom stereocenters. The number of nitrogen functional groups attached to an aromatic ring is 1. The van der Waals surface area contributed by atoms with E-state index in [4.69, 9.17) is 17.3 Å². The largest absolute Gasteiger partial charge is 0.396 e. The van der Waals surface area contributed by atoms with Crippen molar-refractivity contribution in [1.29, 1.82) is 0 Å². The van der Waals surface area contributed by atoms with E-state index in [1.165, 1.54) is 0 Å². The van der Waals surface area contributed by atoms with E-state index in [-0.39, 0.29) is 11.4 Å². The number of anilines is 3. The monoisotopic (exact) mass is 297 g/mol. The van der Waals surface area contributed by atoms with Crippen LogP contribution < -0.4 is 16.4 Å². The lowest BCUT2D eigenvalue weighted by Crippen LogP contribution is -2.20. The van der Waals surface area contributed by atoms with Gasteiger partial charge in [0.15, 0.2) is 0 Å². The lowest BCUT2D eigenvalue weighted by atomic mass is 10.2. The Hall–Kier alpha value is -2.34. The molecule has 0 fully saturated rings. The van der Waals surface area contributed by atoms with Crippen LogP contribution in [0.2, 0.25) is 5.02 Å². The van der Waals surface area contributed by atoms with Crippen molar-refractivity contribution >= 4 is 34.7 Å². The highest BCUT2D eigenvalue weighted by molar-refractivity contribution is 6.33. The maximum atomic E-state index is 13.4. The average Bonchev–Trinajstić information content (AvgIpc) is 2.39. The Balaban J connectivity index is 2.13. The summed E-state index contributed by atoms with van der Waals surface area (Å²) in [5.74, 6) is -1.81. The minimum absolute atomic E-state index is 0.228. The number of nitrogens with two attached hydrogens (primary N) is 1. The smallest absolute Gasteiger partial charge is 0.323 e. The van der Waals surface area contributed by atoms with Crippen LogP contribution in [0.5, 0.6) is 0 Å². The highest BCUT2D eigenvalue weighted by Gasteiger charge is 2.11. The molecule has 0 heterocycles. The van der Waals surface area contributed by atoms with Crippen LogP contribution in [0.25, 0.3) is 0 Å². The van der Waals surface area contributed by atoms with Crippen LogP contribution in [-0.4, -0.2) is 6.03 Å². The summed E-state index contributed by atoms with van der Waals surface area (Å²) in [4.78, 5) is 11.7. The van der Waals surface area contributed by atoms with E-state index in [0.29, 0.717) is 16.8 Å². The average molecular weight is 298 g/mol. The first kappa shape index (κ1) is 14.1. The third kappa shape index (κ3) is 3.16. The van der Waals surface area contributed by atoms with Gasteiger partial charge in [-0.3, -0.25) is 0 Å². The van der Waals surface area contributed by atoms with Gasteiger partial charge >= 0.3 is 6.03 Å². The molecule has 0 atom stereocenters. The van der Waals surface area contributed by atoms with E-state index in [2.05, 4.69) is 10.6 Å². The van der Waals surface area contributed by atoms with Crippen molar-refractivity contribution in [3.8, 4) is 0 Å². The first-order valence-electron chi connectivity index (χ1n) is 5.54. The third-order valence-electron chi connectivity index (χ3n) is 2.46. The van der Waals surface area contributed by atoms with Crippen LogP contribution in [0.3, 0.4) is 0 Å². The van der Waals surface area contributed by atoms with Crippen molar-refractivity contribution in [3.63, 3.8) is 0 Å². The molecule has 0 aliphatic heterocycles. The van der Waals surface area contributed by atoms with Gasteiger partial charge in [0.05, 0.1) is 22.1 Å². The molecule has 4 nitrogen and oxygen atoms in total. The van der Waals surface area contributed by atoms with Crippen LogP contribution in [-0.2, 0) is 0 Å². The maximum absolute atomic E-state index is 13.4. The zero-order valence-corrected chi connectivity index (χ0v) is 10.8. The first-order chi connectivity index (χ1) is 9.47. The molecule has 0 aliphatic rings. The number of nitrogens with one attached hydrogen (secondary N) is 2. The Morgan fingerprint density at radius 3 is 2.40 bits per heavy atom. The molecule has 0 aliphatic carbocycles. The molecular weight excluding hydrogens is 288 g/mol. The van der Waals surface area contributed by atoms with Crippen LogP contribution in [0.15, 0.2) is 36.4 Å². The Morgan fingerprint density at radius 2 is 1.70 bits per heavy atom. The first-order valence-corrected chi connectivity index (χ1v) is 5.92. The van der Waals surface area contributed by atoms with E-state index >= 15 is 0 Å². The third-order valence-corrected chi connectivity index (χ3v) is 2.79. The van der Waals surface area contributed by atoms with Gasteiger partial charge in [-0.15, -0.1) is 0 Å². The van der Waals surface area contributed by atoms with E-state index in [0.717, 1.165) is 6.07 Å². The fraction of sp³-hybridized carbons (Fsp3) is 0. The standard InChI is InChI=1S/C13H10ClF2N3O/c14-7-3-1-2-4-11(7)18-13(20)19-12-6-10(17)8(15)5-9(12)16/h1-6H,17H2,(H2,18,19,20). The Labute approximate surface area is 118 Å². The van der Waals surface area contributed by atoms with E-state index in [1.54, 1.807) is 24.3 Å². The lowest BCUT2D eigenvalue weighted by molar-refractivity contribution is 0.262. The molecule has 4 N–H and O–H groups in total. The summed E-state index contributed by atoms with van der Waals surface area (Å²) in [7, 11) is 0. The number of hydrogen-bond acceptors (Lipinski definition) is 2. The van der Waals surface area contributed by atoms with Gasteiger partial charge in [0.2, 0.25) is 0 Å². The number of rotatable bonds is 2. The number of para-hydroxylation sites is 1. The molecule has 0 bridgehead atoms. The summed E-state index contributed by atoms with van der Waals surface area (Å²) in [6.07, 6.45) is 0. The van der Waals surface area contributed by atoms with Crippen molar-refractivity contribution < 1.29 is 13.6 Å². The molecule has 0 saturated heterocycles. The topological polar surface area (TPSA) is 67.1 Å². The number of urea groups is 1. The predicted molar refractivity (Wildman–Crippen MR) is 74.9 cm³/mol. The highest BCUT2D eigenvalue weighted by atomic mass is 35.5. The molecular formula is C13H10ClF2N3O. The van der Waals surface area contributed by atoms with Crippen LogP contribution >= 0.6 is 11.6 Å². The molecule has 20 heavy (non-hydrogen) atoms. The van der Waals surface area contributed by atoms with Gasteiger partial charge in [-0.05, 0) is 18.2 Å². The van der Waals surface area contributed by atoms with Crippen molar-refractivity contribution in [2.75, 3.05) is 16.4 Å². The zero-order valence-electron chi connectivity index (χ0n) is 10.1. The number of amides is 2. The van der Waals surface area contributed by atoms with E-state index in [1.807, 2.05) is 0 Å². The van der Waals surface area contributed by atoms with Crippen molar-refractivity contribution in [2.45, 2.75) is 0 Å². The summed E-state index contributed by atoms with van der Waals surface area (Å²) in [5.41, 5.74) is 5.18. The summed E-state index contributed by atoms with van der Waals surface area (Å²) in [6.45, 7) is 0. The summed E-state index contributed by atoms with van der Waals surface area (Å²) in [5, 5.41) is 5.00. The Bertz CT molecular complexity index is 664. The second-order valence-corrected chi connectivity index (χ2v) is 4.32. The molecule has 104 valence electrons. The van der Waals surface area contributed by atoms with Gasteiger partial charge in [0, 0.05) is 6.07 Å². The van der Waals surface area contributed by atoms with Crippen LogP contribution in [0.4, 0.5) is 30.6 Å². The van der Waals surface area contributed by atoms with Crippen molar-refractivity contribution in [1.82, 2.24) is 0 Å². The molecule has 2 aromatic rings. The molecule has 0 saturated carbocycles. The molecule has 2 aromatic carbocycles. The van der Waals surface area contributed by atoms with Crippen LogP contribution in [0, 0.1) is 11.6 Å². The number of halogens is 3. The van der Waals surface area contributed by atoms with E-state index < -0.39 is 17.7 Å². The molecule has 2 amide bonds. The zero-order chi connectivity index (χ0) is 14.7. The van der Waals surface area contributed by atoms with Gasteiger partial charge in [-0.25, -0.2) is 13.6 Å². The fourth-order valence-electron chi connectivity index (χ4n) is 1.50. The maximum Gasteiger partial charge on any atom is 0.323 e. The number of carbonyl (C=O) groups is 1. The van der Waals surface area contributed by atoms with Gasteiger partial charge in [-0.2, -0.15) is 0 Å². The summed E-state index contributed by atoms with van der Waals surface area (Å²) in [6, 6.07) is 7.43. The summed E-state index contributed by atoms with van der Waals surface area (Å²) >= 11 is 5.86. The molecule has 0 spiro atoms. The minimum Gasteiger partial charge on any atom is -0.396 e. The van der Waals surface area contributed by atoms with Crippen molar-refractivity contribution in [2.24, 2.45) is 0 Å². The number of hydrogen-bond donors (Lipinski definition) is 3. The van der Waals surface area contributed by atoms with Crippen molar-refractivity contribution in [3.05, 3.63) is 53.1 Å². The van der Waals surface area contributed by atoms with Gasteiger partial charge in [-0.1, -0.05) is 23.7 Å². The SMILES string of the molecule is Nc1cc(NC(=O)Nc2ccccc2Cl)c(F)cc1F. The number of carbonyl (C=O) groups excluding carboxylic acids is 1. The minimum atomic E-state index is -0.925. The number of benzene rings is 2. The quantitative estimate of drug-likeness (QED) is 0.737. The van der Waals surface area contributed by atoms with Gasteiger partial charge < -0.3 is 16.4 Å². The molecule has 0 radical (unpaired) electrons.